The Hall–Kier alpha value is -0.200. The van der Waals surface area contributed by atoms with Crippen LogP contribution in [0.15, 0.2) is 11.4 Å². The van der Waals surface area contributed by atoms with Crippen molar-refractivity contribution in [1.29, 1.82) is 0 Å². The fourth-order valence-corrected chi connectivity index (χ4v) is 3.60. The lowest BCUT2D eigenvalue weighted by Crippen LogP contribution is -2.10. The zero-order valence-corrected chi connectivity index (χ0v) is 11.7. The highest BCUT2D eigenvalue weighted by Crippen LogP contribution is 2.18. The molecule has 0 unspecified atom stereocenters. The number of alkyl halides is 1. The van der Waals surface area contributed by atoms with E-state index in [9.17, 15) is 8.42 Å². The predicted molar refractivity (Wildman–Crippen MR) is 67.8 cm³/mol. The highest BCUT2D eigenvalue weighted by atomic mass is 35.5. The van der Waals surface area contributed by atoms with E-state index in [2.05, 4.69) is 4.98 Å². The average molecular weight is 283 g/mol. The SMILES string of the molecule is CCS(=O)(=O)CCSc1ncc(CCl)n1C. The van der Waals surface area contributed by atoms with Gasteiger partial charge in [0.15, 0.2) is 15.0 Å². The van der Waals surface area contributed by atoms with Gasteiger partial charge in [0, 0.05) is 18.6 Å². The van der Waals surface area contributed by atoms with Crippen molar-refractivity contribution in [2.24, 2.45) is 7.05 Å². The lowest BCUT2D eigenvalue weighted by Gasteiger charge is -2.03. The lowest BCUT2D eigenvalue weighted by atomic mass is 10.5. The van der Waals surface area contributed by atoms with Crippen LogP contribution in [0.2, 0.25) is 0 Å². The van der Waals surface area contributed by atoms with Crippen LogP contribution in [-0.2, 0) is 22.8 Å². The van der Waals surface area contributed by atoms with Crippen molar-refractivity contribution in [2.75, 3.05) is 17.3 Å². The summed E-state index contributed by atoms with van der Waals surface area (Å²) in [5.74, 6) is 1.33. The molecule has 0 atom stereocenters. The Labute approximate surface area is 105 Å². The van der Waals surface area contributed by atoms with Gasteiger partial charge >= 0.3 is 0 Å². The first-order chi connectivity index (χ1) is 7.50. The summed E-state index contributed by atoms with van der Waals surface area (Å²) in [7, 11) is -1.01. The average Bonchev–Trinajstić information content (AvgIpc) is 2.60. The van der Waals surface area contributed by atoms with Crippen LogP contribution < -0.4 is 0 Å². The first kappa shape index (κ1) is 13.9. The van der Waals surface area contributed by atoms with Crippen molar-refractivity contribution in [3.63, 3.8) is 0 Å². The smallest absolute Gasteiger partial charge is 0.167 e. The molecular formula is C9H15ClN2O2S2. The molecule has 4 nitrogen and oxygen atoms in total. The van der Waals surface area contributed by atoms with Gasteiger partial charge in [0.1, 0.15) is 0 Å². The Morgan fingerprint density at radius 1 is 1.56 bits per heavy atom. The number of aromatic nitrogens is 2. The number of nitrogens with zero attached hydrogens (tertiary/aromatic N) is 2. The highest BCUT2D eigenvalue weighted by Gasteiger charge is 2.10. The van der Waals surface area contributed by atoms with Gasteiger partial charge in [0.05, 0.1) is 23.5 Å². The van der Waals surface area contributed by atoms with Crippen LogP contribution >= 0.6 is 23.4 Å². The number of rotatable bonds is 6. The van der Waals surface area contributed by atoms with Gasteiger partial charge in [-0.25, -0.2) is 13.4 Å². The molecule has 1 aromatic heterocycles. The van der Waals surface area contributed by atoms with Gasteiger partial charge in [-0.05, 0) is 0 Å². The summed E-state index contributed by atoms with van der Waals surface area (Å²) in [6.07, 6.45) is 1.71. The number of hydrogen-bond donors (Lipinski definition) is 0. The third-order valence-corrected chi connectivity index (χ3v) is 5.53. The van der Waals surface area contributed by atoms with E-state index in [1.165, 1.54) is 11.8 Å². The van der Waals surface area contributed by atoms with Crippen molar-refractivity contribution >= 4 is 33.2 Å². The normalized spacial score (nSPS) is 11.9. The van der Waals surface area contributed by atoms with Gasteiger partial charge in [0.25, 0.3) is 0 Å². The van der Waals surface area contributed by atoms with Gasteiger partial charge in [-0.2, -0.15) is 0 Å². The van der Waals surface area contributed by atoms with Crippen LogP contribution in [-0.4, -0.2) is 35.2 Å². The summed E-state index contributed by atoms with van der Waals surface area (Å²) in [5.41, 5.74) is 0.933. The van der Waals surface area contributed by atoms with Crippen molar-refractivity contribution in [1.82, 2.24) is 9.55 Å². The number of halogens is 1. The van der Waals surface area contributed by atoms with E-state index in [0.717, 1.165) is 10.9 Å². The van der Waals surface area contributed by atoms with Crippen LogP contribution in [0.3, 0.4) is 0 Å². The van der Waals surface area contributed by atoms with E-state index in [-0.39, 0.29) is 11.5 Å². The molecule has 0 amide bonds. The lowest BCUT2D eigenvalue weighted by molar-refractivity contribution is 0.598. The maximum atomic E-state index is 11.3. The van der Waals surface area contributed by atoms with E-state index >= 15 is 0 Å². The molecule has 92 valence electrons. The number of thioether (sulfide) groups is 1. The number of hydrogen-bond acceptors (Lipinski definition) is 4. The number of sulfone groups is 1. The molecule has 0 fully saturated rings. The molecular weight excluding hydrogens is 268 g/mol. The molecule has 16 heavy (non-hydrogen) atoms. The van der Waals surface area contributed by atoms with Crippen LogP contribution in [0.1, 0.15) is 12.6 Å². The first-order valence-electron chi connectivity index (χ1n) is 4.90. The van der Waals surface area contributed by atoms with Crippen LogP contribution in [0.25, 0.3) is 0 Å². The molecule has 0 aliphatic heterocycles. The Bertz CT molecular complexity index is 442. The molecule has 1 heterocycles. The number of imidazole rings is 1. The summed E-state index contributed by atoms with van der Waals surface area (Å²) < 4.78 is 24.4. The molecule has 1 rings (SSSR count). The third-order valence-electron chi connectivity index (χ3n) is 2.24. The third kappa shape index (κ3) is 3.68. The molecule has 0 radical (unpaired) electrons. The van der Waals surface area contributed by atoms with Crippen molar-refractivity contribution in [2.45, 2.75) is 18.0 Å². The minimum atomic E-state index is -2.89. The maximum absolute atomic E-state index is 11.3. The minimum Gasteiger partial charge on any atom is -0.325 e. The van der Waals surface area contributed by atoms with Gasteiger partial charge in [-0.3, -0.25) is 0 Å². The molecule has 7 heteroatoms. The van der Waals surface area contributed by atoms with E-state index in [0.29, 0.717) is 11.6 Å². The van der Waals surface area contributed by atoms with Crippen molar-refractivity contribution in [3.8, 4) is 0 Å². The largest absolute Gasteiger partial charge is 0.325 e. The van der Waals surface area contributed by atoms with E-state index < -0.39 is 9.84 Å². The van der Waals surface area contributed by atoms with Gasteiger partial charge in [-0.15, -0.1) is 11.6 Å². The highest BCUT2D eigenvalue weighted by molar-refractivity contribution is 8.00. The van der Waals surface area contributed by atoms with E-state index in [1.807, 2.05) is 11.6 Å². The Morgan fingerprint density at radius 2 is 2.25 bits per heavy atom. The predicted octanol–water partition coefficient (Wildman–Crippen LogP) is 1.69. The van der Waals surface area contributed by atoms with Gasteiger partial charge in [0.2, 0.25) is 0 Å². The quantitative estimate of drug-likeness (QED) is 0.588. The van der Waals surface area contributed by atoms with E-state index in [1.54, 1.807) is 13.1 Å². The molecule has 0 spiro atoms. The molecule has 0 aliphatic rings. The molecule has 0 aromatic carbocycles. The summed E-state index contributed by atoms with van der Waals surface area (Å²) in [6.45, 7) is 1.66. The second-order valence-corrected chi connectivity index (χ2v) is 7.11. The van der Waals surface area contributed by atoms with Crippen LogP contribution in [0.4, 0.5) is 0 Å². The molecule has 0 aliphatic carbocycles. The molecule has 0 bridgehead atoms. The summed E-state index contributed by atoms with van der Waals surface area (Å²) in [5, 5.41) is 0.807. The van der Waals surface area contributed by atoms with Gasteiger partial charge in [-0.1, -0.05) is 18.7 Å². The fourth-order valence-electron chi connectivity index (χ4n) is 1.09. The summed E-state index contributed by atoms with van der Waals surface area (Å²) in [6, 6.07) is 0. The second kappa shape index (κ2) is 5.93. The van der Waals surface area contributed by atoms with Crippen LogP contribution in [0, 0.1) is 0 Å². The topological polar surface area (TPSA) is 52.0 Å². The standard InChI is InChI=1S/C9H15ClN2O2S2/c1-3-16(13,14)5-4-15-9-11-7-8(6-10)12(9)2/h7H,3-6H2,1-2H3. The fraction of sp³-hybridized carbons (Fsp3) is 0.667. The zero-order chi connectivity index (χ0) is 12.2. The van der Waals surface area contributed by atoms with Crippen LogP contribution in [0.5, 0.6) is 0 Å². The Balaban J connectivity index is 2.53. The second-order valence-electron chi connectivity index (χ2n) is 3.31. The summed E-state index contributed by atoms with van der Waals surface area (Å²) in [4.78, 5) is 4.18. The zero-order valence-electron chi connectivity index (χ0n) is 9.31. The maximum Gasteiger partial charge on any atom is 0.167 e. The Kier molecular flexibility index (Phi) is 5.14. The molecule has 0 saturated heterocycles. The van der Waals surface area contributed by atoms with Crippen molar-refractivity contribution in [3.05, 3.63) is 11.9 Å². The van der Waals surface area contributed by atoms with E-state index in [4.69, 9.17) is 11.6 Å². The van der Waals surface area contributed by atoms with Crippen molar-refractivity contribution < 1.29 is 8.42 Å². The first-order valence-corrected chi connectivity index (χ1v) is 8.24. The monoisotopic (exact) mass is 282 g/mol. The van der Waals surface area contributed by atoms with Gasteiger partial charge < -0.3 is 4.57 Å². The minimum absolute atomic E-state index is 0.192. The summed E-state index contributed by atoms with van der Waals surface area (Å²) >= 11 is 7.15. The molecule has 1 aromatic rings. The Morgan fingerprint density at radius 3 is 2.75 bits per heavy atom. The molecule has 0 saturated carbocycles. The molecule has 0 N–H and O–H groups in total.